The first-order chi connectivity index (χ1) is 12.3. The SMILES string of the molecule is C=C/C=C\C1=CC(/C=C/CCC=C)(c2ccccc2)c2ccccc21. The smallest absolute Gasteiger partial charge is 0.0577 e. The summed E-state index contributed by atoms with van der Waals surface area (Å²) in [5, 5.41) is 0. The summed E-state index contributed by atoms with van der Waals surface area (Å²) in [4.78, 5) is 0. The summed E-state index contributed by atoms with van der Waals surface area (Å²) in [6, 6.07) is 19.4. The molecule has 0 amide bonds. The Kier molecular flexibility index (Phi) is 5.30. The van der Waals surface area contributed by atoms with Crippen LogP contribution in [-0.2, 0) is 5.41 Å². The van der Waals surface area contributed by atoms with Gasteiger partial charge in [-0.2, -0.15) is 0 Å². The van der Waals surface area contributed by atoms with Crippen LogP contribution < -0.4 is 0 Å². The molecule has 1 aliphatic rings. The Morgan fingerprint density at radius 1 is 0.880 bits per heavy atom. The van der Waals surface area contributed by atoms with Crippen molar-refractivity contribution in [3.05, 3.63) is 127 Å². The number of hydrogen-bond acceptors (Lipinski definition) is 0. The van der Waals surface area contributed by atoms with Gasteiger partial charge in [0.25, 0.3) is 0 Å². The maximum atomic E-state index is 3.82. The summed E-state index contributed by atoms with van der Waals surface area (Å²) in [5.41, 5.74) is 4.93. The van der Waals surface area contributed by atoms with Crippen LogP contribution in [0.3, 0.4) is 0 Å². The highest BCUT2D eigenvalue weighted by molar-refractivity contribution is 5.85. The number of rotatable bonds is 7. The third-order valence-corrected chi connectivity index (χ3v) is 4.65. The molecule has 1 aliphatic carbocycles. The van der Waals surface area contributed by atoms with Crippen molar-refractivity contribution >= 4 is 5.57 Å². The molecule has 0 fully saturated rings. The Labute approximate surface area is 151 Å². The quantitative estimate of drug-likeness (QED) is 0.304. The first-order valence-corrected chi connectivity index (χ1v) is 8.78. The van der Waals surface area contributed by atoms with Crippen molar-refractivity contribution in [2.45, 2.75) is 18.3 Å². The number of benzene rings is 2. The average molecular weight is 324 g/mol. The summed E-state index contributed by atoms with van der Waals surface area (Å²) in [7, 11) is 0. The van der Waals surface area contributed by atoms with Gasteiger partial charge in [-0.1, -0.05) is 104 Å². The van der Waals surface area contributed by atoms with Crippen molar-refractivity contribution < 1.29 is 0 Å². The molecule has 0 saturated carbocycles. The van der Waals surface area contributed by atoms with Gasteiger partial charge in [-0.05, 0) is 35.1 Å². The Morgan fingerprint density at radius 2 is 1.64 bits per heavy atom. The van der Waals surface area contributed by atoms with E-state index in [0.717, 1.165) is 12.8 Å². The Bertz CT molecular complexity index is 833. The Hall–Kier alpha value is -2.86. The average Bonchev–Trinajstić information content (AvgIpc) is 2.99. The molecular weight excluding hydrogens is 300 g/mol. The van der Waals surface area contributed by atoms with Gasteiger partial charge in [0.2, 0.25) is 0 Å². The molecule has 2 aromatic rings. The van der Waals surface area contributed by atoms with Crippen LogP contribution >= 0.6 is 0 Å². The molecule has 1 unspecified atom stereocenters. The van der Waals surface area contributed by atoms with E-state index in [4.69, 9.17) is 0 Å². The van der Waals surface area contributed by atoms with Crippen LogP contribution in [-0.4, -0.2) is 0 Å². The summed E-state index contributed by atoms with van der Waals surface area (Å²) in [6.45, 7) is 7.63. The molecule has 124 valence electrons. The van der Waals surface area contributed by atoms with E-state index >= 15 is 0 Å². The molecule has 0 nitrogen and oxygen atoms in total. The standard InChI is InChI=1S/C25H24/c1-3-5-7-13-19-25(22-15-9-8-10-16-22)20-21(14-6-4-2)23-17-11-12-18-24(23)25/h3-4,6,8-20H,1-2,5,7H2/b14-6-,19-13+. The normalized spacial score (nSPS) is 19.1. The van der Waals surface area contributed by atoms with Gasteiger partial charge in [0.05, 0.1) is 5.41 Å². The number of unbranched alkanes of at least 4 members (excludes halogenated alkanes) is 1. The molecule has 0 heteroatoms. The van der Waals surface area contributed by atoms with Gasteiger partial charge in [0, 0.05) is 0 Å². The second-order valence-corrected chi connectivity index (χ2v) is 6.24. The molecular formula is C25H24. The maximum absolute atomic E-state index is 3.82. The number of allylic oxidation sites excluding steroid dienone is 8. The third-order valence-electron chi connectivity index (χ3n) is 4.65. The van der Waals surface area contributed by atoms with Crippen LogP contribution in [0.1, 0.15) is 29.5 Å². The van der Waals surface area contributed by atoms with Gasteiger partial charge in [-0.3, -0.25) is 0 Å². The highest BCUT2D eigenvalue weighted by atomic mass is 14.4. The molecule has 2 aromatic carbocycles. The van der Waals surface area contributed by atoms with Crippen molar-refractivity contribution in [2.24, 2.45) is 0 Å². The van der Waals surface area contributed by atoms with Crippen molar-refractivity contribution in [2.75, 3.05) is 0 Å². The van der Waals surface area contributed by atoms with Crippen LogP contribution in [0, 0.1) is 0 Å². The van der Waals surface area contributed by atoms with E-state index in [2.05, 4.69) is 92.1 Å². The molecule has 0 heterocycles. The fourth-order valence-corrected chi connectivity index (χ4v) is 3.48. The molecule has 0 radical (unpaired) electrons. The lowest BCUT2D eigenvalue weighted by Gasteiger charge is -2.26. The molecule has 0 bridgehead atoms. The summed E-state index contributed by atoms with van der Waals surface area (Å²) < 4.78 is 0. The first kappa shape index (κ1) is 17.0. The minimum atomic E-state index is -0.222. The van der Waals surface area contributed by atoms with Gasteiger partial charge in [-0.15, -0.1) is 6.58 Å². The van der Waals surface area contributed by atoms with E-state index in [1.807, 2.05) is 18.2 Å². The fraction of sp³-hybridized carbons (Fsp3) is 0.120. The minimum absolute atomic E-state index is 0.222. The molecule has 1 atom stereocenters. The zero-order valence-electron chi connectivity index (χ0n) is 14.6. The summed E-state index contributed by atoms with van der Waals surface area (Å²) >= 11 is 0. The zero-order valence-corrected chi connectivity index (χ0v) is 14.6. The second-order valence-electron chi connectivity index (χ2n) is 6.24. The van der Waals surface area contributed by atoms with Crippen LogP contribution in [0.4, 0.5) is 0 Å². The molecule has 0 saturated heterocycles. The van der Waals surface area contributed by atoms with Crippen molar-refractivity contribution in [1.29, 1.82) is 0 Å². The minimum Gasteiger partial charge on any atom is -0.103 e. The highest BCUT2D eigenvalue weighted by Gasteiger charge is 2.36. The summed E-state index contributed by atoms with van der Waals surface area (Å²) in [5.74, 6) is 0. The van der Waals surface area contributed by atoms with Gasteiger partial charge in [0.15, 0.2) is 0 Å². The molecule has 0 aliphatic heterocycles. The number of fused-ring (bicyclic) bond motifs is 1. The van der Waals surface area contributed by atoms with E-state index in [-0.39, 0.29) is 5.41 Å². The van der Waals surface area contributed by atoms with E-state index in [1.54, 1.807) is 0 Å². The van der Waals surface area contributed by atoms with Crippen molar-refractivity contribution in [3.8, 4) is 0 Å². The molecule has 0 N–H and O–H groups in total. The lowest BCUT2D eigenvalue weighted by Crippen LogP contribution is -2.20. The maximum Gasteiger partial charge on any atom is 0.0577 e. The lowest BCUT2D eigenvalue weighted by atomic mass is 9.76. The van der Waals surface area contributed by atoms with Gasteiger partial charge < -0.3 is 0 Å². The summed E-state index contributed by atoms with van der Waals surface area (Å²) in [6.07, 6.45) is 16.9. The third kappa shape index (κ3) is 3.34. The van der Waals surface area contributed by atoms with E-state index in [1.165, 1.54) is 22.3 Å². The van der Waals surface area contributed by atoms with Crippen LogP contribution in [0.2, 0.25) is 0 Å². The molecule has 25 heavy (non-hydrogen) atoms. The second kappa shape index (κ2) is 7.81. The van der Waals surface area contributed by atoms with E-state index in [9.17, 15) is 0 Å². The predicted octanol–water partition coefficient (Wildman–Crippen LogP) is 6.63. The zero-order chi connectivity index (χ0) is 17.5. The van der Waals surface area contributed by atoms with E-state index < -0.39 is 0 Å². The first-order valence-electron chi connectivity index (χ1n) is 8.78. The van der Waals surface area contributed by atoms with Gasteiger partial charge in [0.1, 0.15) is 0 Å². The van der Waals surface area contributed by atoms with E-state index in [0.29, 0.717) is 0 Å². The lowest BCUT2D eigenvalue weighted by molar-refractivity contribution is 0.823. The topological polar surface area (TPSA) is 0 Å². The number of hydrogen-bond donors (Lipinski definition) is 0. The highest BCUT2D eigenvalue weighted by Crippen LogP contribution is 2.46. The predicted molar refractivity (Wildman–Crippen MR) is 110 cm³/mol. The Balaban J connectivity index is 2.18. The molecule has 0 spiro atoms. The van der Waals surface area contributed by atoms with Gasteiger partial charge >= 0.3 is 0 Å². The molecule has 0 aromatic heterocycles. The largest absolute Gasteiger partial charge is 0.103 e. The molecule has 3 rings (SSSR count). The van der Waals surface area contributed by atoms with Crippen LogP contribution in [0.15, 0.2) is 110 Å². The van der Waals surface area contributed by atoms with Gasteiger partial charge in [-0.25, -0.2) is 0 Å². The van der Waals surface area contributed by atoms with Crippen molar-refractivity contribution in [3.63, 3.8) is 0 Å². The van der Waals surface area contributed by atoms with Crippen LogP contribution in [0.25, 0.3) is 5.57 Å². The van der Waals surface area contributed by atoms with Crippen LogP contribution in [0.5, 0.6) is 0 Å². The fourth-order valence-electron chi connectivity index (χ4n) is 3.48. The monoisotopic (exact) mass is 324 g/mol. The van der Waals surface area contributed by atoms with Crippen molar-refractivity contribution in [1.82, 2.24) is 0 Å². The Morgan fingerprint density at radius 3 is 2.40 bits per heavy atom.